The summed E-state index contributed by atoms with van der Waals surface area (Å²) in [4.78, 5) is 13.3. The van der Waals surface area contributed by atoms with Gasteiger partial charge in [0.2, 0.25) is 0 Å². The summed E-state index contributed by atoms with van der Waals surface area (Å²) in [5, 5.41) is 8.98. The Labute approximate surface area is 112 Å². The maximum atomic E-state index is 10.9. The van der Waals surface area contributed by atoms with Crippen LogP contribution in [0.3, 0.4) is 0 Å². The van der Waals surface area contributed by atoms with Crippen LogP contribution >= 0.6 is 0 Å². The Morgan fingerprint density at radius 3 is 2.22 bits per heavy atom. The number of likely N-dealkylation sites (tertiary alicyclic amines) is 1. The molecule has 1 heterocycles. The summed E-state index contributed by atoms with van der Waals surface area (Å²) in [5.41, 5.74) is 0.519. The highest BCUT2D eigenvalue weighted by Gasteiger charge is 2.40. The standard InChI is InChI=1S/C15H29NO2/c1-5-15(6-2)10-16(11-15)9-13(7-12(3)4)8-14(17)18/h12-13H,5-11H2,1-4H3,(H,17,18). The van der Waals surface area contributed by atoms with Gasteiger partial charge < -0.3 is 10.0 Å². The summed E-state index contributed by atoms with van der Waals surface area (Å²) >= 11 is 0. The molecule has 1 rings (SSSR count). The van der Waals surface area contributed by atoms with Gasteiger partial charge in [0.25, 0.3) is 0 Å². The van der Waals surface area contributed by atoms with E-state index in [1.807, 2.05) is 0 Å². The third-order valence-corrected chi connectivity index (χ3v) is 4.40. The molecule has 3 heteroatoms. The first-order valence-corrected chi connectivity index (χ1v) is 7.35. The molecule has 18 heavy (non-hydrogen) atoms. The van der Waals surface area contributed by atoms with E-state index in [1.165, 1.54) is 12.8 Å². The molecule has 0 aromatic rings. The second-order valence-electron chi connectivity index (χ2n) is 6.47. The SMILES string of the molecule is CCC1(CC)CN(CC(CC(=O)O)CC(C)C)C1. The van der Waals surface area contributed by atoms with E-state index in [9.17, 15) is 4.79 Å². The monoisotopic (exact) mass is 255 g/mol. The van der Waals surface area contributed by atoms with Crippen molar-refractivity contribution in [2.75, 3.05) is 19.6 Å². The van der Waals surface area contributed by atoms with Crippen molar-refractivity contribution in [1.29, 1.82) is 0 Å². The van der Waals surface area contributed by atoms with Crippen molar-refractivity contribution < 1.29 is 9.90 Å². The van der Waals surface area contributed by atoms with E-state index in [1.54, 1.807) is 0 Å². The summed E-state index contributed by atoms with van der Waals surface area (Å²) in [6, 6.07) is 0. The highest BCUT2D eigenvalue weighted by atomic mass is 16.4. The van der Waals surface area contributed by atoms with Gasteiger partial charge in [-0.1, -0.05) is 27.7 Å². The summed E-state index contributed by atoms with van der Waals surface area (Å²) in [6.07, 6.45) is 3.83. The lowest BCUT2D eigenvalue weighted by Gasteiger charge is -2.51. The van der Waals surface area contributed by atoms with E-state index in [4.69, 9.17) is 5.11 Å². The maximum absolute atomic E-state index is 10.9. The molecule has 106 valence electrons. The molecule has 1 atom stereocenters. The summed E-state index contributed by atoms with van der Waals surface area (Å²) in [7, 11) is 0. The molecule has 1 aliphatic heterocycles. The van der Waals surface area contributed by atoms with Crippen LogP contribution in [0.1, 0.15) is 53.4 Å². The quantitative estimate of drug-likeness (QED) is 0.724. The fourth-order valence-corrected chi connectivity index (χ4v) is 3.23. The third kappa shape index (κ3) is 4.27. The van der Waals surface area contributed by atoms with Crippen LogP contribution in [0.2, 0.25) is 0 Å². The fraction of sp³-hybridized carbons (Fsp3) is 0.933. The smallest absolute Gasteiger partial charge is 0.303 e. The molecule has 0 spiro atoms. The zero-order valence-electron chi connectivity index (χ0n) is 12.4. The Morgan fingerprint density at radius 1 is 1.28 bits per heavy atom. The highest BCUT2D eigenvalue weighted by Crippen LogP contribution is 2.37. The van der Waals surface area contributed by atoms with Gasteiger partial charge in [-0.2, -0.15) is 0 Å². The zero-order valence-corrected chi connectivity index (χ0v) is 12.4. The molecule has 0 aromatic carbocycles. The number of carboxylic acids is 1. The molecule has 0 saturated carbocycles. The second-order valence-corrected chi connectivity index (χ2v) is 6.47. The minimum absolute atomic E-state index is 0.314. The predicted octanol–water partition coefficient (Wildman–Crippen LogP) is 3.25. The maximum Gasteiger partial charge on any atom is 0.303 e. The molecule has 0 amide bonds. The van der Waals surface area contributed by atoms with Gasteiger partial charge in [0, 0.05) is 26.1 Å². The molecule has 1 aliphatic rings. The van der Waals surface area contributed by atoms with Crippen LogP contribution < -0.4 is 0 Å². The van der Waals surface area contributed by atoms with Crippen molar-refractivity contribution in [2.24, 2.45) is 17.3 Å². The number of aliphatic carboxylic acids is 1. The van der Waals surface area contributed by atoms with Gasteiger partial charge >= 0.3 is 5.97 Å². The van der Waals surface area contributed by atoms with Gasteiger partial charge in [-0.05, 0) is 36.5 Å². The zero-order chi connectivity index (χ0) is 13.8. The second kappa shape index (κ2) is 6.55. The van der Waals surface area contributed by atoms with Crippen molar-refractivity contribution in [3.05, 3.63) is 0 Å². The first-order chi connectivity index (χ1) is 8.40. The van der Waals surface area contributed by atoms with Crippen LogP contribution in [0.15, 0.2) is 0 Å². The third-order valence-electron chi connectivity index (χ3n) is 4.40. The molecule has 0 bridgehead atoms. The lowest BCUT2D eigenvalue weighted by molar-refractivity contribution is -0.138. The highest BCUT2D eigenvalue weighted by molar-refractivity contribution is 5.67. The summed E-state index contributed by atoms with van der Waals surface area (Å²) in [6.45, 7) is 12.2. The van der Waals surface area contributed by atoms with Crippen molar-refractivity contribution in [1.82, 2.24) is 4.90 Å². The topological polar surface area (TPSA) is 40.5 Å². The lowest BCUT2D eigenvalue weighted by atomic mass is 9.74. The lowest BCUT2D eigenvalue weighted by Crippen LogP contribution is -2.56. The summed E-state index contributed by atoms with van der Waals surface area (Å²) in [5.74, 6) is 0.241. The molecule has 0 aromatic heterocycles. The molecule has 1 N–H and O–H groups in total. The van der Waals surface area contributed by atoms with Gasteiger partial charge in [0.1, 0.15) is 0 Å². The molecule has 1 unspecified atom stereocenters. The average Bonchev–Trinajstić information content (AvgIpc) is 2.20. The Bertz CT molecular complexity index is 264. The van der Waals surface area contributed by atoms with Crippen LogP contribution in [0.5, 0.6) is 0 Å². The van der Waals surface area contributed by atoms with E-state index >= 15 is 0 Å². The van der Waals surface area contributed by atoms with Gasteiger partial charge in [-0.15, -0.1) is 0 Å². The van der Waals surface area contributed by atoms with Crippen molar-refractivity contribution in [3.63, 3.8) is 0 Å². The van der Waals surface area contributed by atoms with Gasteiger partial charge in [0.05, 0.1) is 0 Å². The normalized spacial score (nSPS) is 20.7. The summed E-state index contributed by atoms with van der Waals surface area (Å²) < 4.78 is 0. The Hall–Kier alpha value is -0.570. The number of nitrogens with zero attached hydrogens (tertiary/aromatic N) is 1. The number of hydrogen-bond donors (Lipinski definition) is 1. The number of carboxylic acid groups (broad SMARTS) is 1. The van der Waals surface area contributed by atoms with Gasteiger partial charge in [-0.3, -0.25) is 4.79 Å². The minimum atomic E-state index is -0.654. The fourth-order valence-electron chi connectivity index (χ4n) is 3.23. The largest absolute Gasteiger partial charge is 0.481 e. The van der Waals surface area contributed by atoms with E-state index in [2.05, 4.69) is 32.6 Å². The Kier molecular flexibility index (Phi) is 5.64. The Morgan fingerprint density at radius 2 is 1.83 bits per heavy atom. The Balaban J connectivity index is 2.41. The first-order valence-electron chi connectivity index (χ1n) is 7.35. The van der Waals surface area contributed by atoms with Crippen molar-refractivity contribution in [2.45, 2.75) is 53.4 Å². The van der Waals surface area contributed by atoms with Crippen LogP contribution in [-0.2, 0) is 4.79 Å². The number of carbonyl (C=O) groups is 1. The van der Waals surface area contributed by atoms with E-state index in [0.29, 0.717) is 23.7 Å². The van der Waals surface area contributed by atoms with Crippen LogP contribution in [-0.4, -0.2) is 35.6 Å². The number of hydrogen-bond acceptors (Lipinski definition) is 2. The number of rotatable bonds is 8. The van der Waals surface area contributed by atoms with Gasteiger partial charge in [0.15, 0.2) is 0 Å². The first kappa shape index (κ1) is 15.5. The molecule has 0 aliphatic carbocycles. The molecular weight excluding hydrogens is 226 g/mol. The molecule has 3 nitrogen and oxygen atoms in total. The molecule has 1 fully saturated rings. The van der Waals surface area contributed by atoms with Crippen molar-refractivity contribution in [3.8, 4) is 0 Å². The van der Waals surface area contributed by atoms with Crippen molar-refractivity contribution >= 4 is 5.97 Å². The van der Waals surface area contributed by atoms with E-state index in [-0.39, 0.29) is 0 Å². The molecular formula is C15H29NO2. The average molecular weight is 255 g/mol. The van der Waals surface area contributed by atoms with Crippen LogP contribution in [0.25, 0.3) is 0 Å². The molecule has 0 radical (unpaired) electrons. The van der Waals surface area contributed by atoms with E-state index < -0.39 is 5.97 Å². The van der Waals surface area contributed by atoms with Crippen LogP contribution in [0, 0.1) is 17.3 Å². The molecule has 1 saturated heterocycles. The van der Waals surface area contributed by atoms with E-state index in [0.717, 1.165) is 26.1 Å². The predicted molar refractivity (Wildman–Crippen MR) is 74.7 cm³/mol. The van der Waals surface area contributed by atoms with Gasteiger partial charge in [-0.25, -0.2) is 0 Å². The van der Waals surface area contributed by atoms with Crippen LogP contribution in [0.4, 0.5) is 0 Å². The minimum Gasteiger partial charge on any atom is -0.481 e.